The van der Waals surface area contributed by atoms with Crippen LogP contribution in [-0.4, -0.2) is 106 Å². The van der Waals surface area contributed by atoms with E-state index >= 15 is 0 Å². The van der Waals surface area contributed by atoms with Crippen LogP contribution < -0.4 is 0 Å². The van der Waals surface area contributed by atoms with Crippen LogP contribution in [0.15, 0.2) is 24.3 Å². The van der Waals surface area contributed by atoms with E-state index in [9.17, 15) is 24.9 Å². The fourth-order valence-corrected chi connectivity index (χ4v) is 4.65. The zero-order valence-corrected chi connectivity index (χ0v) is 20.7. The number of rotatable bonds is 8. The van der Waals surface area contributed by atoms with Crippen molar-refractivity contribution in [3.8, 4) is 0 Å². The van der Waals surface area contributed by atoms with Gasteiger partial charge in [-0.05, 0) is 36.6 Å². The van der Waals surface area contributed by atoms with Crippen molar-refractivity contribution in [2.75, 3.05) is 52.4 Å². The molecule has 0 spiro atoms. The van der Waals surface area contributed by atoms with Gasteiger partial charge in [-0.15, -0.1) is 0 Å². The molecule has 0 aliphatic carbocycles. The molecule has 1 aromatic rings. The van der Waals surface area contributed by atoms with Crippen LogP contribution in [0, 0.1) is 5.92 Å². The minimum atomic E-state index is -0.613. The summed E-state index contributed by atoms with van der Waals surface area (Å²) < 4.78 is 0. The van der Waals surface area contributed by atoms with Crippen molar-refractivity contribution in [3.63, 3.8) is 0 Å². The predicted octanol–water partition coefficient (Wildman–Crippen LogP) is 1.49. The van der Waals surface area contributed by atoms with Gasteiger partial charge in [0.25, 0.3) is 0 Å². The van der Waals surface area contributed by atoms with E-state index in [2.05, 4.69) is 0 Å². The second-order valence-electron chi connectivity index (χ2n) is 8.96. The maximum atomic E-state index is 12.6. The number of nitrogens with zero attached hydrogens (tertiary/aromatic N) is 3. The number of carbonyl (C=O) groups is 2. The van der Waals surface area contributed by atoms with Crippen molar-refractivity contribution in [2.45, 2.75) is 31.5 Å². The predicted molar refractivity (Wildman–Crippen MR) is 132 cm³/mol. The normalized spacial score (nSPS) is 23.4. The lowest BCUT2D eigenvalue weighted by Crippen LogP contribution is -2.47. The van der Waals surface area contributed by atoms with E-state index in [4.69, 9.17) is 23.2 Å². The number of carbonyl (C=O) groups excluding carboxylic acids is 2. The molecule has 3 N–H and O–H groups in total. The SMILES string of the molecule is O=C(C=Cc1ccc(Cl)c(Cl)c1)N1CCC(=O)N(CCC(O)CN2CCC(O)C(CO)C2)CC1. The summed E-state index contributed by atoms with van der Waals surface area (Å²) in [5.41, 5.74) is 0.762. The Labute approximate surface area is 210 Å². The second kappa shape index (κ2) is 12.9. The van der Waals surface area contributed by atoms with Crippen LogP contribution in [-0.2, 0) is 9.59 Å². The molecule has 0 aromatic heterocycles. The zero-order valence-electron chi connectivity index (χ0n) is 19.2. The quantitative estimate of drug-likeness (QED) is 0.455. The van der Waals surface area contributed by atoms with Crippen molar-refractivity contribution >= 4 is 41.1 Å². The summed E-state index contributed by atoms with van der Waals surface area (Å²) in [5.74, 6) is -0.397. The number of piperidine rings is 1. The number of hydrogen-bond donors (Lipinski definition) is 3. The van der Waals surface area contributed by atoms with Crippen LogP contribution in [0.3, 0.4) is 0 Å². The first-order chi connectivity index (χ1) is 16.3. The summed E-state index contributed by atoms with van der Waals surface area (Å²) in [6, 6.07) is 5.13. The van der Waals surface area contributed by atoms with Crippen LogP contribution >= 0.6 is 23.2 Å². The molecule has 8 nitrogen and oxygen atoms in total. The van der Waals surface area contributed by atoms with Gasteiger partial charge < -0.3 is 30.0 Å². The summed E-state index contributed by atoms with van der Waals surface area (Å²) in [5, 5.41) is 30.6. The second-order valence-corrected chi connectivity index (χ2v) is 9.78. The Morgan fingerprint density at radius 2 is 1.97 bits per heavy atom. The molecule has 2 amide bonds. The number of hydrogen-bond acceptors (Lipinski definition) is 6. The average molecular weight is 514 g/mol. The Morgan fingerprint density at radius 1 is 1.18 bits per heavy atom. The third kappa shape index (κ3) is 7.66. The monoisotopic (exact) mass is 513 g/mol. The Kier molecular flexibility index (Phi) is 10.2. The van der Waals surface area contributed by atoms with Crippen molar-refractivity contribution in [3.05, 3.63) is 39.9 Å². The molecule has 3 atom stereocenters. The molecule has 1 aromatic carbocycles. The minimum absolute atomic E-state index is 0.0302. The lowest BCUT2D eigenvalue weighted by Gasteiger charge is -2.36. The van der Waals surface area contributed by atoms with Crippen molar-refractivity contribution in [2.24, 2.45) is 5.92 Å². The van der Waals surface area contributed by atoms with E-state index in [-0.39, 0.29) is 30.8 Å². The third-order valence-electron chi connectivity index (χ3n) is 6.48. The Bertz CT molecular complexity index is 884. The van der Waals surface area contributed by atoms with Gasteiger partial charge >= 0.3 is 0 Å². The maximum absolute atomic E-state index is 12.6. The highest BCUT2D eigenvalue weighted by Crippen LogP contribution is 2.23. The van der Waals surface area contributed by atoms with Gasteiger partial charge in [0.15, 0.2) is 0 Å². The number of aliphatic hydroxyl groups excluding tert-OH is 3. The third-order valence-corrected chi connectivity index (χ3v) is 7.21. The molecular weight excluding hydrogens is 481 g/mol. The maximum Gasteiger partial charge on any atom is 0.246 e. The molecule has 2 aliphatic rings. The van der Waals surface area contributed by atoms with Crippen LogP contribution in [0.2, 0.25) is 10.0 Å². The summed E-state index contributed by atoms with van der Waals surface area (Å²) in [4.78, 5) is 30.6. The summed E-state index contributed by atoms with van der Waals surface area (Å²) >= 11 is 11.9. The fourth-order valence-electron chi connectivity index (χ4n) is 4.35. The molecule has 2 aliphatic heterocycles. The molecule has 2 saturated heterocycles. The number of halogens is 2. The first kappa shape index (κ1) is 26.9. The standard InChI is InChI=1S/C24H33Cl2N3O5/c25-20-3-1-17(13-21(20)26)2-4-23(33)29-10-7-24(34)28(11-12-29)9-5-19(31)15-27-8-6-22(32)18(14-27)16-30/h1-4,13,18-19,22,30-32H,5-12,14-16H2. The van der Waals surface area contributed by atoms with E-state index in [1.165, 1.54) is 6.08 Å². The van der Waals surface area contributed by atoms with Gasteiger partial charge in [-0.1, -0.05) is 29.3 Å². The lowest BCUT2D eigenvalue weighted by molar-refractivity contribution is -0.130. The Morgan fingerprint density at radius 3 is 2.71 bits per heavy atom. The smallest absolute Gasteiger partial charge is 0.246 e. The van der Waals surface area contributed by atoms with Gasteiger partial charge in [-0.2, -0.15) is 0 Å². The highest BCUT2D eigenvalue weighted by molar-refractivity contribution is 6.42. The molecule has 3 unspecified atom stereocenters. The van der Waals surface area contributed by atoms with Gasteiger partial charge in [0.05, 0.1) is 22.3 Å². The molecule has 0 radical (unpaired) electrons. The van der Waals surface area contributed by atoms with E-state index in [0.29, 0.717) is 68.7 Å². The van der Waals surface area contributed by atoms with E-state index in [1.807, 2.05) is 4.90 Å². The lowest BCUT2D eigenvalue weighted by atomic mass is 9.95. The highest BCUT2D eigenvalue weighted by Gasteiger charge is 2.28. The van der Waals surface area contributed by atoms with E-state index in [1.54, 1.807) is 34.1 Å². The Balaban J connectivity index is 1.45. The van der Waals surface area contributed by atoms with Gasteiger partial charge in [-0.3, -0.25) is 9.59 Å². The number of aliphatic hydroxyl groups is 3. The van der Waals surface area contributed by atoms with Crippen LogP contribution in [0.5, 0.6) is 0 Å². The molecular formula is C24H33Cl2N3O5. The topological polar surface area (TPSA) is 105 Å². The first-order valence-electron chi connectivity index (χ1n) is 11.7. The average Bonchev–Trinajstić information content (AvgIpc) is 3.00. The van der Waals surface area contributed by atoms with Gasteiger partial charge in [-0.25, -0.2) is 0 Å². The molecule has 0 bridgehead atoms. The molecule has 10 heteroatoms. The molecule has 188 valence electrons. The molecule has 2 heterocycles. The zero-order chi connectivity index (χ0) is 24.7. The molecule has 2 fully saturated rings. The number of likely N-dealkylation sites (tertiary alicyclic amines) is 1. The van der Waals surface area contributed by atoms with Crippen LogP contribution in [0.25, 0.3) is 6.08 Å². The number of benzene rings is 1. The Hall–Kier alpha value is -1.68. The summed E-state index contributed by atoms with van der Waals surface area (Å²) in [6.07, 6.45) is 3.27. The summed E-state index contributed by atoms with van der Waals surface area (Å²) in [6.45, 7) is 3.19. The molecule has 3 rings (SSSR count). The summed E-state index contributed by atoms with van der Waals surface area (Å²) in [7, 11) is 0. The van der Waals surface area contributed by atoms with Gasteiger partial charge in [0.2, 0.25) is 11.8 Å². The first-order valence-corrected chi connectivity index (χ1v) is 12.4. The molecule has 34 heavy (non-hydrogen) atoms. The van der Waals surface area contributed by atoms with Crippen molar-refractivity contribution in [1.29, 1.82) is 0 Å². The van der Waals surface area contributed by atoms with Gasteiger partial charge in [0, 0.05) is 70.8 Å². The van der Waals surface area contributed by atoms with E-state index in [0.717, 1.165) is 5.56 Å². The van der Waals surface area contributed by atoms with E-state index < -0.39 is 12.2 Å². The van der Waals surface area contributed by atoms with Crippen molar-refractivity contribution < 1.29 is 24.9 Å². The van der Waals surface area contributed by atoms with Gasteiger partial charge in [0.1, 0.15) is 0 Å². The largest absolute Gasteiger partial charge is 0.396 e. The van der Waals surface area contributed by atoms with Crippen LogP contribution in [0.1, 0.15) is 24.8 Å². The fraction of sp³-hybridized carbons (Fsp3) is 0.583. The number of amides is 2. The minimum Gasteiger partial charge on any atom is -0.396 e. The molecule has 0 saturated carbocycles. The highest BCUT2D eigenvalue weighted by atomic mass is 35.5. The number of β-amino-alcohol motifs (C(OH)–C–C–N with tert-alkyl or cyclic N) is 1. The van der Waals surface area contributed by atoms with Crippen LogP contribution in [0.4, 0.5) is 0 Å². The van der Waals surface area contributed by atoms with Crippen molar-refractivity contribution in [1.82, 2.24) is 14.7 Å².